The van der Waals surface area contributed by atoms with Crippen molar-refractivity contribution in [1.29, 1.82) is 0 Å². The van der Waals surface area contributed by atoms with Gasteiger partial charge >= 0.3 is 0 Å². The summed E-state index contributed by atoms with van der Waals surface area (Å²) in [5.41, 5.74) is 1.69. The van der Waals surface area contributed by atoms with E-state index in [-0.39, 0.29) is 5.78 Å². The lowest BCUT2D eigenvalue weighted by Gasteiger charge is -2.05. The Morgan fingerprint density at radius 1 is 1.05 bits per heavy atom. The SMILES string of the molecule is O=C(CSc1cccc2cccnc12)c1ccc(Br)cc1. The molecule has 4 heteroatoms. The predicted octanol–water partition coefficient (Wildman–Crippen LogP) is 4.97. The Kier molecular flexibility index (Phi) is 4.36. The molecule has 1 heterocycles. The first-order valence-electron chi connectivity index (χ1n) is 6.49. The van der Waals surface area contributed by atoms with Gasteiger partial charge in [-0.2, -0.15) is 0 Å². The highest BCUT2D eigenvalue weighted by Gasteiger charge is 2.08. The Morgan fingerprint density at radius 2 is 1.81 bits per heavy atom. The van der Waals surface area contributed by atoms with Gasteiger partial charge in [-0.05, 0) is 24.3 Å². The Bertz CT molecular complexity index is 781. The van der Waals surface area contributed by atoms with Crippen LogP contribution in [0.2, 0.25) is 0 Å². The summed E-state index contributed by atoms with van der Waals surface area (Å²) in [5.74, 6) is 0.539. The third-order valence-electron chi connectivity index (χ3n) is 3.12. The number of Topliss-reactive ketones (excluding diaryl/α,β-unsaturated/α-hetero) is 1. The number of ketones is 1. The largest absolute Gasteiger partial charge is 0.293 e. The second kappa shape index (κ2) is 6.41. The Morgan fingerprint density at radius 3 is 2.62 bits per heavy atom. The molecule has 0 amide bonds. The van der Waals surface area contributed by atoms with Gasteiger partial charge in [0.1, 0.15) is 0 Å². The number of hydrogen-bond acceptors (Lipinski definition) is 3. The first kappa shape index (κ1) is 14.3. The zero-order valence-electron chi connectivity index (χ0n) is 11.1. The predicted molar refractivity (Wildman–Crippen MR) is 90.9 cm³/mol. The Hall–Kier alpha value is -1.65. The van der Waals surface area contributed by atoms with Crippen LogP contribution in [0.3, 0.4) is 0 Å². The summed E-state index contributed by atoms with van der Waals surface area (Å²) in [6.07, 6.45) is 1.78. The minimum absolute atomic E-state index is 0.125. The molecule has 104 valence electrons. The molecule has 0 radical (unpaired) electrons. The van der Waals surface area contributed by atoms with E-state index in [0.29, 0.717) is 5.75 Å². The van der Waals surface area contributed by atoms with Gasteiger partial charge in [0.15, 0.2) is 5.78 Å². The molecule has 0 aliphatic rings. The second-order valence-corrected chi connectivity index (χ2v) is 6.48. The molecule has 0 unspecified atom stereocenters. The zero-order chi connectivity index (χ0) is 14.7. The highest BCUT2D eigenvalue weighted by atomic mass is 79.9. The van der Waals surface area contributed by atoms with Crippen molar-refractivity contribution in [3.05, 3.63) is 70.8 Å². The topological polar surface area (TPSA) is 30.0 Å². The average molecular weight is 358 g/mol. The molecule has 0 saturated carbocycles. The lowest BCUT2D eigenvalue weighted by Crippen LogP contribution is -2.02. The fraction of sp³-hybridized carbons (Fsp3) is 0.0588. The van der Waals surface area contributed by atoms with E-state index >= 15 is 0 Å². The average Bonchev–Trinajstić information content (AvgIpc) is 2.53. The molecule has 2 nitrogen and oxygen atoms in total. The summed E-state index contributed by atoms with van der Waals surface area (Å²) in [6, 6.07) is 17.4. The number of rotatable bonds is 4. The van der Waals surface area contributed by atoms with Crippen molar-refractivity contribution in [2.24, 2.45) is 0 Å². The van der Waals surface area contributed by atoms with Crippen LogP contribution in [0, 0.1) is 0 Å². The van der Waals surface area contributed by atoms with Gasteiger partial charge in [-0.25, -0.2) is 0 Å². The van der Waals surface area contributed by atoms with Gasteiger partial charge in [0.25, 0.3) is 0 Å². The van der Waals surface area contributed by atoms with E-state index in [4.69, 9.17) is 0 Å². The molecule has 21 heavy (non-hydrogen) atoms. The van der Waals surface area contributed by atoms with Crippen LogP contribution >= 0.6 is 27.7 Å². The van der Waals surface area contributed by atoms with Crippen LogP contribution in [0.15, 0.2) is 70.2 Å². The third kappa shape index (κ3) is 3.34. The molecule has 0 saturated heterocycles. The lowest BCUT2D eigenvalue weighted by atomic mass is 10.2. The van der Waals surface area contributed by atoms with Crippen LogP contribution in [0.1, 0.15) is 10.4 Å². The van der Waals surface area contributed by atoms with Crippen molar-refractivity contribution in [2.45, 2.75) is 4.90 Å². The number of para-hydroxylation sites is 1. The molecule has 0 aliphatic carbocycles. The number of hydrogen-bond donors (Lipinski definition) is 0. The second-order valence-electron chi connectivity index (χ2n) is 4.55. The van der Waals surface area contributed by atoms with Crippen molar-refractivity contribution in [1.82, 2.24) is 4.98 Å². The van der Waals surface area contributed by atoms with Crippen LogP contribution in [0.25, 0.3) is 10.9 Å². The summed E-state index contributed by atoms with van der Waals surface area (Å²) in [6.45, 7) is 0. The number of benzene rings is 2. The van der Waals surface area contributed by atoms with Gasteiger partial charge in [0.2, 0.25) is 0 Å². The molecule has 3 aromatic rings. The fourth-order valence-electron chi connectivity index (χ4n) is 2.06. The van der Waals surface area contributed by atoms with Gasteiger partial charge in [0.05, 0.1) is 11.3 Å². The van der Waals surface area contributed by atoms with Gasteiger partial charge in [-0.15, -0.1) is 11.8 Å². The van der Waals surface area contributed by atoms with Crippen molar-refractivity contribution in [3.8, 4) is 0 Å². The van der Waals surface area contributed by atoms with Crippen LogP contribution in [-0.4, -0.2) is 16.5 Å². The number of fused-ring (bicyclic) bond motifs is 1. The number of carbonyl (C=O) groups excluding carboxylic acids is 1. The summed E-state index contributed by atoms with van der Waals surface area (Å²) >= 11 is 4.91. The number of nitrogens with zero attached hydrogens (tertiary/aromatic N) is 1. The quantitative estimate of drug-likeness (QED) is 0.487. The Balaban J connectivity index is 1.77. The van der Waals surface area contributed by atoms with Crippen LogP contribution in [0.4, 0.5) is 0 Å². The van der Waals surface area contributed by atoms with Crippen LogP contribution in [-0.2, 0) is 0 Å². The van der Waals surface area contributed by atoms with E-state index < -0.39 is 0 Å². The van der Waals surface area contributed by atoms with Crippen LogP contribution < -0.4 is 0 Å². The molecule has 0 aliphatic heterocycles. The number of aromatic nitrogens is 1. The molecule has 0 N–H and O–H groups in total. The van der Waals surface area contributed by atoms with E-state index in [1.54, 1.807) is 6.20 Å². The smallest absolute Gasteiger partial charge is 0.173 e. The standard InChI is InChI=1S/C17H12BrNOS/c18-14-8-6-12(7-9-14)15(20)11-21-16-5-1-3-13-4-2-10-19-17(13)16/h1-10H,11H2. The molecule has 2 aromatic carbocycles. The third-order valence-corrected chi connectivity index (χ3v) is 4.70. The molecule has 0 fully saturated rings. The normalized spacial score (nSPS) is 10.7. The van der Waals surface area contributed by atoms with Crippen molar-refractivity contribution in [3.63, 3.8) is 0 Å². The maximum Gasteiger partial charge on any atom is 0.173 e. The van der Waals surface area contributed by atoms with E-state index in [2.05, 4.69) is 20.9 Å². The van der Waals surface area contributed by atoms with Gasteiger partial charge < -0.3 is 0 Å². The summed E-state index contributed by atoms with van der Waals surface area (Å²) in [5, 5.41) is 1.10. The highest BCUT2D eigenvalue weighted by molar-refractivity contribution is 9.10. The molecule has 3 rings (SSSR count). The first-order valence-corrected chi connectivity index (χ1v) is 8.27. The molecule has 0 atom stereocenters. The number of carbonyl (C=O) groups is 1. The lowest BCUT2D eigenvalue weighted by molar-refractivity contribution is 0.102. The summed E-state index contributed by atoms with van der Waals surface area (Å²) < 4.78 is 0.977. The van der Waals surface area contributed by atoms with E-state index in [9.17, 15) is 4.79 Å². The maximum absolute atomic E-state index is 12.2. The van der Waals surface area contributed by atoms with Gasteiger partial charge in [-0.1, -0.05) is 46.3 Å². The molecular weight excluding hydrogens is 346 g/mol. The van der Waals surface area contributed by atoms with E-state index in [1.807, 2.05) is 54.6 Å². The fourth-order valence-corrected chi connectivity index (χ4v) is 3.25. The summed E-state index contributed by atoms with van der Waals surface area (Å²) in [7, 11) is 0. The van der Waals surface area contributed by atoms with Gasteiger partial charge in [0, 0.05) is 26.5 Å². The zero-order valence-corrected chi connectivity index (χ0v) is 13.5. The van der Waals surface area contributed by atoms with Gasteiger partial charge in [-0.3, -0.25) is 9.78 Å². The number of pyridine rings is 1. The van der Waals surface area contributed by atoms with Crippen molar-refractivity contribution in [2.75, 3.05) is 5.75 Å². The highest BCUT2D eigenvalue weighted by Crippen LogP contribution is 2.26. The first-order chi connectivity index (χ1) is 10.2. The monoisotopic (exact) mass is 357 g/mol. The molecule has 0 spiro atoms. The van der Waals surface area contributed by atoms with E-state index in [1.165, 1.54) is 11.8 Å². The number of thioether (sulfide) groups is 1. The molecule has 0 bridgehead atoms. The Labute approximate surface area is 135 Å². The molecular formula is C17H12BrNOS. The minimum Gasteiger partial charge on any atom is -0.293 e. The number of halogens is 1. The molecule has 1 aromatic heterocycles. The van der Waals surface area contributed by atoms with Crippen LogP contribution in [0.5, 0.6) is 0 Å². The van der Waals surface area contributed by atoms with E-state index in [0.717, 1.165) is 25.8 Å². The van der Waals surface area contributed by atoms with Crippen molar-refractivity contribution < 1.29 is 4.79 Å². The summed E-state index contributed by atoms with van der Waals surface area (Å²) in [4.78, 5) is 17.7. The van der Waals surface area contributed by atoms with Crippen molar-refractivity contribution >= 4 is 44.4 Å². The maximum atomic E-state index is 12.2. The minimum atomic E-state index is 0.125.